The Balaban J connectivity index is 0.0000230. The Hall–Kier alpha value is -1.82. The molecule has 0 fully saturated rings. The number of ether oxygens (including phenoxy) is 1. The molecule has 0 aromatic heterocycles. The molecule has 0 aliphatic carbocycles. The molecule has 0 N–H and O–H groups in total. The van der Waals surface area contributed by atoms with Gasteiger partial charge in [-0.15, -0.1) is 0 Å². The van der Waals surface area contributed by atoms with Crippen LogP contribution in [0, 0.1) is 0 Å². The maximum atomic E-state index is 13.9. The molecule has 0 amide bonds. The molecule has 0 aliphatic rings. The van der Waals surface area contributed by atoms with E-state index in [1.54, 1.807) is 0 Å². The smallest absolute Gasteiger partial charge is 0.744 e. The number of rotatable bonds is 13. The van der Waals surface area contributed by atoms with Gasteiger partial charge in [-0.25, -0.2) is 8.42 Å². The van der Waals surface area contributed by atoms with Crippen LogP contribution in [-0.4, -0.2) is 84.5 Å². The van der Waals surface area contributed by atoms with Gasteiger partial charge in [0.1, 0.15) is 15.9 Å². The van der Waals surface area contributed by atoms with Crippen LogP contribution in [0.2, 0.25) is 0 Å². The van der Waals surface area contributed by atoms with E-state index in [4.69, 9.17) is 0 Å². The van der Waals surface area contributed by atoms with Crippen LogP contribution in [0.1, 0.15) is 0 Å². The predicted octanol–water partition coefficient (Wildman–Crippen LogP) is 5.48. The molecule has 0 aliphatic heterocycles. The minimum Gasteiger partial charge on any atom is -0.744 e. The average Bonchev–Trinajstić information content (AvgIpc) is 2.86. The first-order valence-corrected chi connectivity index (χ1v) is 11.8. The van der Waals surface area contributed by atoms with Crippen LogP contribution in [0.5, 0.6) is 5.75 Å². The van der Waals surface area contributed by atoms with E-state index < -0.39 is 92.3 Å². The molecule has 282 valence electrons. The second-order valence-electron chi connectivity index (χ2n) is 8.79. The van der Waals surface area contributed by atoms with Crippen molar-refractivity contribution in [1.29, 1.82) is 0 Å². The molecule has 0 unspecified atom stereocenters. The topological polar surface area (TPSA) is 66.4 Å². The third kappa shape index (κ3) is 6.45. The quantitative estimate of drug-likeness (QED) is 0.151. The molecule has 0 bridgehead atoms. The Morgan fingerprint density at radius 2 is 0.633 bits per heavy atom. The fourth-order valence-electron chi connectivity index (χ4n) is 2.82. The normalized spacial score (nSPS) is 16.0. The monoisotopic (exact) mass is 814 g/mol. The summed E-state index contributed by atoms with van der Waals surface area (Å²) in [6, 6.07) is -1.09. The molecule has 0 saturated heterocycles. The number of alkyl halides is 25. The standard InChI is InChI=1S/C18H5F25O4S.Na/c19-7(20,9(23,24)11(27,28)13(31,32)15(35,36)17(39,40)41)8(21,22)10(25,26)12(29,30)14(33,34)16(37,38)18(42,43)47-5-1-3-6(4-2-5)48(44,45)46;/h1-4H,(H,44,45,46);/q;+1/p-1. The Labute approximate surface area is 273 Å². The average molecular weight is 814 g/mol. The summed E-state index contributed by atoms with van der Waals surface area (Å²) in [5.41, 5.74) is 0. The molecule has 1 rings (SSSR count). The summed E-state index contributed by atoms with van der Waals surface area (Å²) in [7, 11) is -5.52. The van der Waals surface area contributed by atoms with Gasteiger partial charge in [0.15, 0.2) is 0 Å². The number of hydrogen-bond donors (Lipinski definition) is 0. The van der Waals surface area contributed by atoms with Crippen LogP contribution in [0.15, 0.2) is 29.2 Å². The first-order chi connectivity index (χ1) is 20.4. The van der Waals surface area contributed by atoms with Gasteiger partial charge in [0.05, 0.1) is 4.90 Å². The molecule has 0 heterocycles. The van der Waals surface area contributed by atoms with Gasteiger partial charge >= 0.3 is 101 Å². The van der Waals surface area contributed by atoms with Crippen LogP contribution >= 0.6 is 0 Å². The summed E-state index contributed by atoms with van der Waals surface area (Å²) in [4.78, 5) is -1.47. The van der Waals surface area contributed by atoms with Crippen molar-refractivity contribution in [3.63, 3.8) is 0 Å². The maximum Gasteiger partial charge on any atom is 1.00 e. The fraction of sp³-hybridized carbons (Fsp3) is 0.667. The van der Waals surface area contributed by atoms with E-state index in [2.05, 4.69) is 4.74 Å². The molecule has 49 heavy (non-hydrogen) atoms. The first kappa shape index (κ1) is 47.2. The van der Waals surface area contributed by atoms with Crippen molar-refractivity contribution in [1.82, 2.24) is 0 Å². The molecule has 0 saturated carbocycles. The van der Waals surface area contributed by atoms with Gasteiger partial charge in [0, 0.05) is 0 Å². The Morgan fingerprint density at radius 1 is 0.408 bits per heavy atom. The maximum absolute atomic E-state index is 13.9. The molecular formula is C18H4F25NaO4S. The van der Waals surface area contributed by atoms with Crippen molar-refractivity contribution >= 4 is 10.1 Å². The van der Waals surface area contributed by atoms with Gasteiger partial charge in [0.2, 0.25) is 0 Å². The van der Waals surface area contributed by atoms with Crippen molar-refractivity contribution in [2.75, 3.05) is 0 Å². The minimum absolute atomic E-state index is 0. The van der Waals surface area contributed by atoms with Gasteiger partial charge in [-0.2, -0.15) is 110 Å². The first-order valence-electron chi connectivity index (χ1n) is 10.4. The molecule has 4 nitrogen and oxygen atoms in total. The van der Waals surface area contributed by atoms with E-state index in [1.165, 1.54) is 0 Å². The predicted molar refractivity (Wildman–Crippen MR) is 95.5 cm³/mol. The Kier molecular flexibility index (Phi) is 11.9. The molecule has 1 aromatic rings. The Bertz CT molecular complexity index is 1450. The van der Waals surface area contributed by atoms with Gasteiger partial charge in [-0.1, -0.05) is 0 Å². The van der Waals surface area contributed by atoms with Crippen LogP contribution in [0.25, 0.3) is 0 Å². The van der Waals surface area contributed by atoms with Crippen LogP contribution in [0.4, 0.5) is 110 Å². The van der Waals surface area contributed by atoms with Gasteiger partial charge in [0.25, 0.3) is 0 Å². The largest absolute Gasteiger partial charge is 1.00 e. The van der Waals surface area contributed by atoms with Crippen molar-refractivity contribution < 1.29 is 157 Å². The van der Waals surface area contributed by atoms with Gasteiger partial charge in [-0.3, -0.25) is 0 Å². The second-order valence-corrected chi connectivity index (χ2v) is 10.2. The van der Waals surface area contributed by atoms with Crippen LogP contribution in [-0.2, 0) is 10.1 Å². The zero-order valence-corrected chi connectivity index (χ0v) is 24.6. The van der Waals surface area contributed by atoms with Crippen LogP contribution < -0.4 is 34.3 Å². The molecule has 31 heteroatoms. The molecule has 0 radical (unpaired) electrons. The van der Waals surface area contributed by atoms with Crippen molar-refractivity contribution in [3.8, 4) is 5.75 Å². The summed E-state index contributed by atoms with van der Waals surface area (Å²) in [6.45, 7) is 0. The fourth-order valence-corrected chi connectivity index (χ4v) is 3.29. The van der Waals surface area contributed by atoms with E-state index in [9.17, 15) is 123 Å². The number of hydrogen-bond acceptors (Lipinski definition) is 4. The van der Waals surface area contributed by atoms with E-state index in [0.29, 0.717) is 0 Å². The van der Waals surface area contributed by atoms with Crippen LogP contribution in [0.3, 0.4) is 0 Å². The summed E-state index contributed by atoms with van der Waals surface area (Å²) >= 11 is 0. The van der Waals surface area contributed by atoms with E-state index >= 15 is 0 Å². The molecule has 1 aromatic carbocycles. The number of benzene rings is 1. The second kappa shape index (κ2) is 12.4. The van der Waals surface area contributed by atoms with Crippen molar-refractivity contribution in [3.05, 3.63) is 24.3 Å². The summed E-state index contributed by atoms with van der Waals surface area (Å²) in [5, 5.41) is 0. The number of halogens is 25. The van der Waals surface area contributed by atoms with E-state index in [0.717, 1.165) is 0 Å². The van der Waals surface area contributed by atoms with Crippen molar-refractivity contribution in [2.45, 2.75) is 76.4 Å². The molecule has 0 spiro atoms. The summed E-state index contributed by atoms with van der Waals surface area (Å²) < 4.78 is 371. The third-order valence-electron chi connectivity index (χ3n) is 5.63. The third-order valence-corrected chi connectivity index (χ3v) is 6.48. The summed E-state index contributed by atoms with van der Waals surface area (Å²) in [6.07, 6.45) is -15.8. The van der Waals surface area contributed by atoms with Gasteiger partial charge in [-0.05, 0) is 24.3 Å². The zero-order chi connectivity index (χ0) is 39.2. The summed E-state index contributed by atoms with van der Waals surface area (Å²) in [5.74, 6) is -95.1. The van der Waals surface area contributed by atoms with Crippen molar-refractivity contribution in [2.24, 2.45) is 0 Å². The van der Waals surface area contributed by atoms with E-state index in [-0.39, 0.29) is 53.8 Å². The zero-order valence-electron chi connectivity index (χ0n) is 21.8. The minimum atomic E-state index is -9.70. The molecule has 0 atom stereocenters. The van der Waals surface area contributed by atoms with Gasteiger partial charge < -0.3 is 9.29 Å². The van der Waals surface area contributed by atoms with E-state index in [1.807, 2.05) is 0 Å². The molecular weight excluding hydrogens is 810 g/mol. The SMILES string of the molecule is O=S(=O)([O-])c1ccc(OC(F)(F)C(F)(F)C(F)(F)C(F)(F)C(F)(F)C(F)(F)C(F)(F)C(F)(F)C(F)(F)C(F)(F)C(F)(F)C(F)(F)F)cc1.[Na+]. The Morgan fingerprint density at radius 3 is 0.857 bits per heavy atom.